The standard InChI is InChI=1S/C31H40N2O5S/c1-24(20-25-10-5-3-6-11-25)22-32(30(34)27-12-7-4-8-13-27)23-26-16-18-33(19-17-26)39(36,37)29-15-9-14-28(21-29)31(35)38-2/h3,5-6,9-11,14-15,20-21,26-27H,4,7-8,12-13,16-19,22-23H2,1-2H3/b24-20+. The third-order valence-electron chi connectivity index (χ3n) is 7.86. The normalized spacial score (nSPS) is 18.1. The molecule has 2 aromatic rings. The number of carbonyl (C=O) groups excluding carboxylic acids is 2. The fourth-order valence-electron chi connectivity index (χ4n) is 5.71. The van der Waals surface area contributed by atoms with E-state index >= 15 is 0 Å². The Morgan fingerprint density at radius 1 is 0.974 bits per heavy atom. The number of ether oxygens (including phenoxy) is 1. The summed E-state index contributed by atoms with van der Waals surface area (Å²) in [7, 11) is -2.46. The van der Waals surface area contributed by atoms with E-state index in [9.17, 15) is 18.0 Å². The van der Waals surface area contributed by atoms with Crippen molar-refractivity contribution in [2.45, 2.75) is 56.8 Å². The molecule has 0 atom stereocenters. The van der Waals surface area contributed by atoms with Crippen molar-refractivity contribution in [2.24, 2.45) is 11.8 Å². The molecule has 0 bridgehead atoms. The largest absolute Gasteiger partial charge is 0.465 e. The number of benzene rings is 2. The van der Waals surface area contributed by atoms with Gasteiger partial charge in [-0.3, -0.25) is 4.79 Å². The summed E-state index contributed by atoms with van der Waals surface area (Å²) < 4.78 is 32.9. The van der Waals surface area contributed by atoms with Crippen LogP contribution in [0.2, 0.25) is 0 Å². The second-order valence-corrected chi connectivity index (χ2v) is 12.8. The molecule has 2 aliphatic rings. The van der Waals surface area contributed by atoms with E-state index in [1.165, 1.54) is 30.0 Å². The van der Waals surface area contributed by atoms with E-state index in [0.717, 1.165) is 36.8 Å². The first-order chi connectivity index (χ1) is 18.8. The smallest absolute Gasteiger partial charge is 0.337 e. The summed E-state index contributed by atoms with van der Waals surface area (Å²) in [6, 6.07) is 16.1. The highest BCUT2D eigenvalue weighted by Crippen LogP contribution is 2.29. The predicted octanol–water partition coefficient (Wildman–Crippen LogP) is 5.39. The Bertz CT molecular complexity index is 1260. The lowest BCUT2D eigenvalue weighted by Gasteiger charge is -2.36. The van der Waals surface area contributed by atoms with Gasteiger partial charge in [-0.05, 0) is 62.3 Å². The van der Waals surface area contributed by atoms with Crippen LogP contribution in [0, 0.1) is 11.8 Å². The van der Waals surface area contributed by atoms with Crippen molar-refractivity contribution in [1.29, 1.82) is 0 Å². The van der Waals surface area contributed by atoms with Gasteiger partial charge in [0, 0.05) is 32.1 Å². The van der Waals surface area contributed by atoms with Crippen molar-refractivity contribution < 1.29 is 22.7 Å². The molecule has 0 unspecified atom stereocenters. The highest BCUT2D eigenvalue weighted by Gasteiger charge is 2.33. The zero-order valence-corrected chi connectivity index (χ0v) is 23.9. The summed E-state index contributed by atoms with van der Waals surface area (Å²) in [5.74, 6) is -0.00368. The Morgan fingerprint density at radius 2 is 1.67 bits per heavy atom. The molecular formula is C31H40N2O5S. The van der Waals surface area contributed by atoms with E-state index in [1.807, 2.05) is 23.1 Å². The third kappa shape index (κ3) is 7.57. The quantitative estimate of drug-likeness (QED) is 0.390. The van der Waals surface area contributed by atoms with Gasteiger partial charge < -0.3 is 9.64 Å². The summed E-state index contributed by atoms with van der Waals surface area (Å²) in [5, 5.41) is 0. The zero-order valence-electron chi connectivity index (χ0n) is 23.1. The van der Waals surface area contributed by atoms with E-state index in [4.69, 9.17) is 4.74 Å². The van der Waals surface area contributed by atoms with Crippen LogP contribution < -0.4 is 0 Å². The summed E-state index contributed by atoms with van der Waals surface area (Å²) in [4.78, 5) is 27.7. The summed E-state index contributed by atoms with van der Waals surface area (Å²) >= 11 is 0. The van der Waals surface area contributed by atoms with Crippen LogP contribution in [0.25, 0.3) is 6.08 Å². The topological polar surface area (TPSA) is 84.0 Å². The molecule has 4 rings (SSSR count). The number of carbonyl (C=O) groups is 2. The lowest BCUT2D eigenvalue weighted by Crippen LogP contribution is -2.45. The molecule has 1 aliphatic carbocycles. The Hall–Kier alpha value is -2.97. The van der Waals surface area contributed by atoms with Gasteiger partial charge in [0.05, 0.1) is 17.6 Å². The maximum Gasteiger partial charge on any atom is 0.337 e. The summed E-state index contributed by atoms with van der Waals surface area (Å²) in [5.41, 5.74) is 2.47. The van der Waals surface area contributed by atoms with Crippen LogP contribution >= 0.6 is 0 Å². The maximum atomic E-state index is 13.6. The van der Waals surface area contributed by atoms with Gasteiger partial charge in [-0.15, -0.1) is 0 Å². The van der Waals surface area contributed by atoms with Crippen LogP contribution in [0.3, 0.4) is 0 Å². The summed E-state index contributed by atoms with van der Waals surface area (Å²) in [6.07, 6.45) is 8.84. The molecule has 0 spiro atoms. The first-order valence-corrected chi connectivity index (χ1v) is 15.4. The van der Waals surface area contributed by atoms with Crippen LogP contribution in [0.4, 0.5) is 0 Å². The van der Waals surface area contributed by atoms with Gasteiger partial charge in [-0.2, -0.15) is 4.31 Å². The number of hydrogen-bond acceptors (Lipinski definition) is 5. The van der Waals surface area contributed by atoms with E-state index in [2.05, 4.69) is 25.1 Å². The molecule has 0 aromatic heterocycles. The van der Waals surface area contributed by atoms with Crippen LogP contribution in [-0.4, -0.2) is 62.8 Å². The van der Waals surface area contributed by atoms with E-state index in [-0.39, 0.29) is 28.2 Å². The molecule has 7 nitrogen and oxygen atoms in total. The van der Waals surface area contributed by atoms with Crippen LogP contribution in [-0.2, 0) is 19.6 Å². The van der Waals surface area contributed by atoms with E-state index in [0.29, 0.717) is 39.0 Å². The fraction of sp³-hybridized carbons (Fsp3) is 0.484. The molecule has 39 heavy (non-hydrogen) atoms. The molecule has 1 saturated heterocycles. The van der Waals surface area contributed by atoms with Gasteiger partial charge in [0.2, 0.25) is 15.9 Å². The van der Waals surface area contributed by atoms with Gasteiger partial charge in [-0.25, -0.2) is 13.2 Å². The lowest BCUT2D eigenvalue weighted by molar-refractivity contribution is -0.137. The van der Waals surface area contributed by atoms with Gasteiger partial charge in [0.25, 0.3) is 0 Å². The molecular weight excluding hydrogens is 512 g/mol. The number of hydrogen-bond donors (Lipinski definition) is 0. The van der Waals surface area contributed by atoms with E-state index < -0.39 is 16.0 Å². The van der Waals surface area contributed by atoms with Gasteiger partial charge in [0.1, 0.15) is 0 Å². The first kappa shape index (κ1) is 29.0. The highest BCUT2D eigenvalue weighted by molar-refractivity contribution is 7.89. The molecule has 1 heterocycles. The maximum absolute atomic E-state index is 13.6. The van der Waals surface area contributed by atoms with Gasteiger partial charge in [0.15, 0.2) is 0 Å². The second-order valence-electron chi connectivity index (χ2n) is 10.8. The second kappa shape index (κ2) is 13.4. The SMILES string of the molecule is COC(=O)c1cccc(S(=O)(=O)N2CCC(CN(C/C(C)=C/c3ccccc3)C(=O)C3CCCCC3)CC2)c1. The number of amides is 1. The van der Waals surface area contributed by atoms with Crippen molar-refractivity contribution in [3.8, 4) is 0 Å². The minimum Gasteiger partial charge on any atom is -0.465 e. The third-order valence-corrected chi connectivity index (χ3v) is 9.76. The average molecular weight is 553 g/mol. The molecule has 2 aromatic carbocycles. The number of sulfonamides is 1. The average Bonchev–Trinajstić information content (AvgIpc) is 2.97. The Balaban J connectivity index is 1.43. The molecule has 210 valence electrons. The monoisotopic (exact) mass is 552 g/mol. The van der Waals surface area contributed by atoms with Crippen molar-refractivity contribution in [2.75, 3.05) is 33.3 Å². The van der Waals surface area contributed by atoms with Crippen LogP contribution in [0.1, 0.15) is 67.8 Å². The van der Waals surface area contributed by atoms with Gasteiger partial charge >= 0.3 is 5.97 Å². The number of nitrogens with zero attached hydrogens (tertiary/aromatic N) is 2. The zero-order chi connectivity index (χ0) is 27.8. The Morgan fingerprint density at radius 3 is 2.33 bits per heavy atom. The summed E-state index contributed by atoms with van der Waals surface area (Å²) in [6.45, 7) is 4.08. The minimum absolute atomic E-state index is 0.0887. The molecule has 8 heteroatoms. The predicted molar refractivity (Wildman–Crippen MR) is 153 cm³/mol. The van der Waals surface area contributed by atoms with Crippen LogP contribution in [0.15, 0.2) is 65.1 Å². The van der Waals surface area contributed by atoms with Crippen molar-refractivity contribution in [3.63, 3.8) is 0 Å². The first-order valence-electron chi connectivity index (χ1n) is 14.0. The number of rotatable bonds is 9. The highest BCUT2D eigenvalue weighted by atomic mass is 32.2. The molecule has 1 saturated carbocycles. The molecule has 1 amide bonds. The van der Waals surface area contributed by atoms with Crippen molar-refractivity contribution in [3.05, 3.63) is 71.3 Å². The van der Waals surface area contributed by atoms with Crippen molar-refractivity contribution >= 4 is 28.0 Å². The molecule has 0 N–H and O–H groups in total. The number of esters is 1. The Labute approximate surface area is 232 Å². The molecule has 2 fully saturated rings. The lowest BCUT2D eigenvalue weighted by atomic mass is 9.87. The Kier molecular flexibility index (Phi) is 9.97. The number of piperidine rings is 1. The minimum atomic E-state index is -3.73. The van der Waals surface area contributed by atoms with E-state index in [1.54, 1.807) is 12.1 Å². The fourth-order valence-corrected chi connectivity index (χ4v) is 7.23. The molecule has 0 radical (unpaired) electrons. The molecule has 1 aliphatic heterocycles. The van der Waals surface area contributed by atoms with Gasteiger partial charge in [-0.1, -0.05) is 67.3 Å². The number of methoxy groups -OCH3 is 1. The van der Waals surface area contributed by atoms with Crippen molar-refractivity contribution in [1.82, 2.24) is 9.21 Å². The van der Waals surface area contributed by atoms with Crippen LogP contribution in [0.5, 0.6) is 0 Å².